The van der Waals surface area contributed by atoms with Gasteiger partial charge in [0, 0.05) is 25.7 Å². The van der Waals surface area contributed by atoms with Crippen LogP contribution in [0.2, 0.25) is 0 Å². The number of methoxy groups -OCH3 is 1. The largest absolute Gasteiger partial charge is 0.493 e. The summed E-state index contributed by atoms with van der Waals surface area (Å²) >= 11 is 0. The molecule has 1 saturated heterocycles. The van der Waals surface area contributed by atoms with Crippen LogP contribution >= 0.6 is 0 Å². The summed E-state index contributed by atoms with van der Waals surface area (Å²) in [5.41, 5.74) is 0.991. The lowest BCUT2D eigenvalue weighted by Crippen LogP contribution is -2.50. The van der Waals surface area contributed by atoms with Crippen LogP contribution in [0.4, 0.5) is 4.79 Å². The summed E-state index contributed by atoms with van der Waals surface area (Å²) in [6.07, 6.45) is 2.19. The predicted octanol–water partition coefficient (Wildman–Crippen LogP) is 2.33. The first kappa shape index (κ1) is 18.4. The van der Waals surface area contributed by atoms with Gasteiger partial charge >= 0.3 is 6.03 Å². The zero-order valence-corrected chi connectivity index (χ0v) is 15.2. The number of rotatable bonds is 6. The van der Waals surface area contributed by atoms with Crippen LogP contribution in [-0.4, -0.2) is 62.8 Å². The predicted molar refractivity (Wildman–Crippen MR) is 94.7 cm³/mol. The van der Waals surface area contributed by atoms with Gasteiger partial charge in [-0.25, -0.2) is 4.79 Å². The third-order valence-electron chi connectivity index (χ3n) is 4.39. The summed E-state index contributed by atoms with van der Waals surface area (Å²) in [5.74, 6) is 1.41. The molecule has 24 heavy (non-hydrogen) atoms. The third kappa shape index (κ3) is 4.77. The first-order valence-electron chi connectivity index (χ1n) is 8.54. The molecule has 1 aromatic carbocycles. The number of amides is 2. The molecule has 6 heteroatoms. The van der Waals surface area contributed by atoms with E-state index < -0.39 is 0 Å². The summed E-state index contributed by atoms with van der Waals surface area (Å²) in [7, 11) is 5.76. The molecule has 0 bridgehead atoms. The molecule has 1 aliphatic heterocycles. The van der Waals surface area contributed by atoms with Crippen molar-refractivity contribution in [3.63, 3.8) is 0 Å². The first-order valence-corrected chi connectivity index (χ1v) is 8.54. The van der Waals surface area contributed by atoms with Crippen molar-refractivity contribution >= 4 is 6.03 Å². The smallest absolute Gasteiger partial charge is 0.317 e. The molecule has 1 N–H and O–H groups in total. The Hall–Kier alpha value is -1.95. The average Bonchev–Trinajstić information content (AvgIpc) is 2.60. The van der Waals surface area contributed by atoms with Gasteiger partial charge in [-0.15, -0.1) is 0 Å². The molecule has 0 spiro atoms. The molecular weight excluding hydrogens is 306 g/mol. The number of likely N-dealkylation sites (tertiary alicyclic amines) is 1. The van der Waals surface area contributed by atoms with E-state index in [1.54, 1.807) is 7.11 Å². The van der Waals surface area contributed by atoms with Gasteiger partial charge in [0.15, 0.2) is 11.5 Å². The molecule has 6 nitrogen and oxygen atoms in total. The standard InChI is InChI=1S/C18H29N3O3/c1-5-24-16-9-8-14(11-17(16)23-4)12-19-18(22)21-10-6-7-15(13-21)20(2)3/h8-9,11,15H,5-7,10,12-13H2,1-4H3,(H,19,22). The minimum absolute atomic E-state index is 0.00518. The molecule has 1 aliphatic rings. The topological polar surface area (TPSA) is 54.0 Å². The SMILES string of the molecule is CCOc1ccc(CNC(=O)N2CCCC(N(C)C)C2)cc1OC. The Labute approximate surface area is 144 Å². The number of piperidine rings is 1. The highest BCUT2D eigenvalue weighted by molar-refractivity contribution is 5.74. The van der Waals surface area contributed by atoms with Crippen molar-refractivity contribution in [3.8, 4) is 11.5 Å². The maximum atomic E-state index is 12.4. The molecule has 1 atom stereocenters. The van der Waals surface area contributed by atoms with Crippen molar-refractivity contribution in [1.29, 1.82) is 0 Å². The highest BCUT2D eigenvalue weighted by atomic mass is 16.5. The molecule has 1 heterocycles. The molecule has 134 valence electrons. The zero-order valence-electron chi connectivity index (χ0n) is 15.2. The third-order valence-corrected chi connectivity index (χ3v) is 4.39. The van der Waals surface area contributed by atoms with Crippen LogP contribution in [0.5, 0.6) is 11.5 Å². The minimum Gasteiger partial charge on any atom is -0.493 e. The quantitative estimate of drug-likeness (QED) is 0.867. The fraction of sp³-hybridized carbons (Fsp3) is 0.611. The highest BCUT2D eigenvalue weighted by Gasteiger charge is 2.24. The van der Waals surface area contributed by atoms with E-state index in [1.165, 1.54) is 0 Å². The molecular formula is C18H29N3O3. The number of urea groups is 1. The van der Waals surface area contributed by atoms with Crippen LogP contribution in [-0.2, 0) is 6.54 Å². The first-order chi connectivity index (χ1) is 11.5. The summed E-state index contributed by atoms with van der Waals surface area (Å²) in [4.78, 5) is 16.5. The van der Waals surface area contributed by atoms with Crippen LogP contribution in [0.25, 0.3) is 0 Å². The number of nitrogens with zero attached hydrogens (tertiary/aromatic N) is 2. The molecule has 1 fully saturated rings. The lowest BCUT2D eigenvalue weighted by molar-refractivity contribution is 0.140. The van der Waals surface area contributed by atoms with Crippen LogP contribution < -0.4 is 14.8 Å². The van der Waals surface area contributed by atoms with E-state index >= 15 is 0 Å². The number of nitrogens with one attached hydrogen (secondary N) is 1. The van der Waals surface area contributed by atoms with Crippen LogP contribution in [0.1, 0.15) is 25.3 Å². The Bertz CT molecular complexity index is 548. The van der Waals surface area contributed by atoms with E-state index in [0.717, 1.165) is 37.2 Å². The number of ether oxygens (including phenoxy) is 2. The fourth-order valence-corrected chi connectivity index (χ4v) is 2.95. The maximum Gasteiger partial charge on any atom is 0.317 e. The van der Waals surface area contributed by atoms with E-state index in [2.05, 4.69) is 24.3 Å². The van der Waals surface area contributed by atoms with Crippen molar-refractivity contribution < 1.29 is 14.3 Å². The van der Waals surface area contributed by atoms with Gasteiger partial charge in [0.2, 0.25) is 0 Å². The lowest BCUT2D eigenvalue weighted by atomic mass is 10.1. The second-order valence-corrected chi connectivity index (χ2v) is 6.28. The summed E-state index contributed by atoms with van der Waals surface area (Å²) in [5, 5.41) is 3.00. The van der Waals surface area contributed by atoms with E-state index in [9.17, 15) is 4.79 Å². The van der Waals surface area contributed by atoms with Crippen molar-refractivity contribution in [2.75, 3.05) is 40.9 Å². The average molecular weight is 335 g/mol. The summed E-state index contributed by atoms with van der Waals surface area (Å²) < 4.78 is 10.9. The van der Waals surface area contributed by atoms with Gasteiger partial charge in [0.25, 0.3) is 0 Å². The van der Waals surface area contributed by atoms with Gasteiger partial charge in [0.1, 0.15) is 0 Å². The monoisotopic (exact) mass is 335 g/mol. The van der Waals surface area contributed by atoms with Crippen molar-refractivity contribution in [1.82, 2.24) is 15.1 Å². The van der Waals surface area contributed by atoms with Gasteiger partial charge in [-0.2, -0.15) is 0 Å². The number of carbonyl (C=O) groups excluding carboxylic acids is 1. The van der Waals surface area contributed by atoms with E-state index in [4.69, 9.17) is 9.47 Å². The normalized spacial score (nSPS) is 17.7. The second-order valence-electron chi connectivity index (χ2n) is 6.28. The van der Waals surface area contributed by atoms with Crippen LogP contribution in [0.3, 0.4) is 0 Å². The van der Waals surface area contributed by atoms with Crippen molar-refractivity contribution in [2.24, 2.45) is 0 Å². The van der Waals surface area contributed by atoms with E-state index in [-0.39, 0.29) is 6.03 Å². The molecule has 0 aromatic heterocycles. The fourth-order valence-electron chi connectivity index (χ4n) is 2.95. The molecule has 0 saturated carbocycles. The second kappa shape index (κ2) is 8.78. The van der Waals surface area contributed by atoms with Gasteiger partial charge in [-0.3, -0.25) is 0 Å². The van der Waals surface area contributed by atoms with Gasteiger partial charge in [0.05, 0.1) is 13.7 Å². The summed E-state index contributed by atoms with van der Waals surface area (Å²) in [6, 6.07) is 6.17. The highest BCUT2D eigenvalue weighted by Crippen LogP contribution is 2.28. The molecule has 1 unspecified atom stereocenters. The number of likely N-dealkylation sites (N-methyl/N-ethyl adjacent to an activating group) is 1. The van der Waals surface area contributed by atoms with Gasteiger partial charge in [-0.1, -0.05) is 6.07 Å². The Morgan fingerprint density at radius 2 is 2.17 bits per heavy atom. The molecule has 1 aromatic rings. The molecule has 2 amide bonds. The van der Waals surface area contributed by atoms with E-state index in [0.29, 0.717) is 24.9 Å². The molecule has 0 radical (unpaired) electrons. The van der Waals surface area contributed by atoms with Crippen molar-refractivity contribution in [2.45, 2.75) is 32.4 Å². The Balaban J connectivity index is 1.91. The van der Waals surface area contributed by atoms with Crippen LogP contribution in [0.15, 0.2) is 18.2 Å². The molecule has 0 aliphatic carbocycles. The summed E-state index contributed by atoms with van der Waals surface area (Å²) in [6.45, 7) is 4.61. The number of carbonyl (C=O) groups is 1. The Morgan fingerprint density at radius 3 is 2.83 bits per heavy atom. The van der Waals surface area contributed by atoms with E-state index in [1.807, 2.05) is 30.0 Å². The Kier molecular flexibility index (Phi) is 6.73. The van der Waals surface area contributed by atoms with Crippen LogP contribution in [0, 0.1) is 0 Å². The number of hydrogen-bond acceptors (Lipinski definition) is 4. The van der Waals surface area contributed by atoms with Gasteiger partial charge in [-0.05, 0) is 51.6 Å². The maximum absolute atomic E-state index is 12.4. The zero-order chi connectivity index (χ0) is 17.5. The Morgan fingerprint density at radius 1 is 1.38 bits per heavy atom. The van der Waals surface area contributed by atoms with Gasteiger partial charge < -0.3 is 24.6 Å². The number of hydrogen-bond donors (Lipinski definition) is 1. The lowest BCUT2D eigenvalue weighted by Gasteiger charge is -2.36. The van der Waals surface area contributed by atoms with Crippen molar-refractivity contribution in [3.05, 3.63) is 23.8 Å². The molecule has 2 rings (SSSR count). The minimum atomic E-state index is -0.00518. The number of benzene rings is 1.